The van der Waals surface area contributed by atoms with E-state index in [1.807, 2.05) is 42.5 Å². The molecule has 2 heterocycles. The lowest BCUT2D eigenvalue weighted by molar-refractivity contribution is -0.137. The molecule has 0 amide bonds. The van der Waals surface area contributed by atoms with Crippen molar-refractivity contribution < 1.29 is 22.7 Å². The highest BCUT2D eigenvalue weighted by atomic mass is 35.5. The number of halogens is 4. The number of nitrogens with zero attached hydrogens (tertiary/aromatic N) is 2. The first kappa shape index (κ1) is 20.9. The fourth-order valence-corrected chi connectivity index (χ4v) is 3.75. The highest BCUT2D eigenvalue weighted by Crippen LogP contribution is 2.39. The second-order valence-electron chi connectivity index (χ2n) is 6.69. The Balaban J connectivity index is 2.09. The molecule has 0 aliphatic heterocycles. The molecule has 0 spiro atoms. The molecule has 0 fully saturated rings. The molecule has 0 unspecified atom stereocenters. The third-order valence-electron chi connectivity index (χ3n) is 4.77. The molecule has 0 aliphatic rings. The van der Waals surface area contributed by atoms with Gasteiger partial charge < -0.3 is 4.74 Å². The Bertz CT molecular complexity index is 1270. The fraction of sp³-hybridized carbons (Fsp3) is 0.130. The first-order valence-corrected chi connectivity index (χ1v) is 9.79. The molecule has 158 valence electrons. The van der Waals surface area contributed by atoms with E-state index in [1.165, 1.54) is 4.57 Å². The van der Waals surface area contributed by atoms with Crippen LogP contribution in [-0.2, 0) is 10.9 Å². The summed E-state index contributed by atoms with van der Waals surface area (Å²) in [6, 6.07) is 17.2. The number of fused-ring (bicyclic) bond motifs is 1. The second kappa shape index (κ2) is 8.07. The first-order valence-electron chi connectivity index (χ1n) is 9.42. The highest BCUT2D eigenvalue weighted by molar-refractivity contribution is 6.32. The number of aromatic nitrogens is 2. The van der Waals surface area contributed by atoms with Gasteiger partial charge in [-0.3, -0.25) is 4.57 Å². The third kappa shape index (κ3) is 3.77. The van der Waals surface area contributed by atoms with Gasteiger partial charge in [0.1, 0.15) is 5.69 Å². The maximum atomic E-state index is 13.1. The summed E-state index contributed by atoms with van der Waals surface area (Å²) >= 11 is 6.24. The molecule has 0 saturated heterocycles. The van der Waals surface area contributed by atoms with Crippen molar-refractivity contribution in [3.05, 3.63) is 83.1 Å². The first-order chi connectivity index (χ1) is 14.8. The molecular weight excluding hydrogens is 429 g/mol. The average molecular weight is 445 g/mol. The summed E-state index contributed by atoms with van der Waals surface area (Å²) in [5.41, 5.74) is 1.08. The third-order valence-corrected chi connectivity index (χ3v) is 5.04. The minimum absolute atomic E-state index is 0.0103. The second-order valence-corrected chi connectivity index (χ2v) is 7.10. The number of ether oxygens (including phenoxy) is 1. The minimum atomic E-state index is -4.59. The van der Waals surface area contributed by atoms with Crippen LogP contribution in [0.25, 0.3) is 27.8 Å². The van der Waals surface area contributed by atoms with Crippen LogP contribution in [0.2, 0.25) is 5.02 Å². The van der Waals surface area contributed by atoms with Gasteiger partial charge in [-0.2, -0.15) is 13.2 Å². The van der Waals surface area contributed by atoms with Gasteiger partial charge in [-0.05, 0) is 24.6 Å². The predicted molar refractivity (Wildman–Crippen MR) is 112 cm³/mol. The fourth-order valence-electron chi connectivity index (χ4n) is 3.50. The van der Waals surface area contributed by atoms with Crippen LogP contribution in [0.3, 0.4) is 0 Å². The summed E-state index contributed by atoms with van der Waals surface area (Å²) < 4.78 is 46.1. The lowest BCUT2D eigenvalue weighted by Crippen LogP contribution is -2.14. The van der Waals surface area contributed by atoms with Crippen LogP contribution in [0.1, 0.15) is 23.0 Å². The number of benzene rings is 2. The van der Waals surface area contributed by atoms with Crippen LogP contribution in [0.15, 0.2) is 66.9 Å². The Hall–Kier alpha value is -3.32. The summed E-state index contributed by atoms with van der Waals surface area (Å²) in [4.78, 5) is 17.0. The Morgan fingerprint density at radius 1 is 1.10 bits per heavy atom. The van der Waals surface area contributed by atoms with E-state index in [4.69, 9.17) is 16.3 Å². The smallest absolute Gasteiger partial charge is 0.417 e. The number of rotatable bonds is 4. The summed E-state index contributed by atoms with van der Waals surface area (Å²) in [5, 5.41) is 0.482. The molecule has 8 heteroatoms. The number of alkyl halides is 3. The van der Waals surface area contributed by atoms with E-state index < -0.39 is 17.7 Å². The maximum Gasteiger partial charge on any atom is 0.417 e. The van der Waals surface area contributed by atoms with Gasteiger partial charge in [0.25, 0.3) is 0 Å². The maximum absolute atomic E-state index is 13.1. The zero-order valence-corrected chi connectivity index (χ0v) is 17.0. The van der Waals surface area contributed by atoms with E-state index in [0.717, 1.165) is 17.0 Å². The average Bonchev–Trinajstić information content (AvgIpc) is 3.09. The Morgan fingerprint density at radius 2 is 1.77 bits per heavy atom. The van der Waals surface area contributed by atoms with Crippen LogP contribution in [-0.4, -0.2) is 22.1 Å². The van der Waals surface area contributed by atoms with Crippen molar-refractivity contribution in [1.29, 1.82) is 0 Å². The summed E-state index contributed by atoms with van der Waals surface area (Å²) in [6.45, 7) is 1.80. The molecule has 4 rings (SSSR count). The zero-order valence-electron chi connectivity index (χ0n) is 16.3. The molecule has 4 nitrogen and oxygen atoms in total. The number of esters is 1. The molecule has 0 atom stereocenters. The molecule has 0 bridgehead atoms. The van der Waals surface area contributed by atoms with Crippen molar-refractivity contribution in [1.82, 2.24) is 9.55 Å². The molecule has 0 aliphatic carbocycles. The van der Waals surface area contributed by atoms with Crippen molar-refractivity contribution >= 4 is 28.5 Å². The quantitative estimate of drug-likeness (QED) is 0.336. The van der Waals surface area contributed by atoms with Gasteiger partial charge in [0.15, 0.2) is 5.82 Å². The predicted octanol–water partition coefficient (Wildman–Crippen LogP) is 6.54. The number of pyridine rings is 1. The number of carbonyl (C=O) groups excluding carboxylic acids is 1. The van der Waals surface area contributed by atoms with Crippen LogP contribution < -0.4 is 0 Å². The summed E-state index contributed by atoms with van der Waals surface area (Å²) in [7, 11) is 0. The Labute approximate surface area is 180 Å². The standard InChI is InChI=1S/C23H16ClF3N2O2/c1-2-31-22(30)20-19(14-8-4-3-5-9-14)16-10-6-7-11-18(16)29(20)21-17(24)12-15(13-28-21)23(25,26)27/h3-13H,2H2,1H3. The van der Waals surface area contributed by atoms with E-state index in [0.29, 0.717) is 17.3 Å². The molecular formula is C23H16ClF3N2O2. The van der Waals surface area contributed by atoms with E-state index in [2.05, 4.69) is 4.98 Å². The lowest BCUT2D eigenvalue weighted by atomic mass is 10.0. The number of para-hydroxylation sites is 1. The molecule has 4 aromatic rings. The van der Waals surface area contributed by atoms with Crippen LogP contribution in [0, 0.1) is 0 Å². The number of hydrogen-bond acceptors (Lipinski definition) is 3. The topological polar surface area (TPSA) is 44.1 Å². The van der Waals surface area contributed by atoms with E-state index >= 15 is 0 Å². The van der Waals surface area contributed by atoms with Crippen molar-refractivity contribution in [3.8, 4) is 16.9 Å². The van der Waals surface area contributed by atoms with Crippen molar-refractivity contribution in [3.63, 3.8) is 0 Å². The molecule has 2 aromatic heterocycles. The van der Waals surface area contributed by atoms with E-state index in [9.17, 15) is 18.0 Å². The van der Waals surface area contributed by atoms with Gasteiger partial charge in [-0.1, -0.05) is 60.1 Å². The molecule has 0 saturated carbocycles. The number of carbonyl (C=O) groups is 1. The SMILES string of the molecule is CCOC(=O)c1c(-c2ccccc2)c2ccccc2n1-c1ncc(C(F)(F)F)cc1Cl. The summed E-state index contributed by atoms with van der Waals surface area (Å²) in [6.07, 6.45) is -3.89. The molecule has 0 N–H and O–H groups in total. The largest absolute Gasteiger partial charge is 0.461 e. The minimum Gasteiger partial charge on any atom is -0.461 e. The molecule has 31 heavy (non-hydrogen) atoms. The van der Waals surface area contributed by atoms with Crippen LogP contribution in [0.4, 0.5) is 13.2 Å². The summed E-state index contributed by atoms with van der Waals surface area (Å²) in [5.74, 6) is -0.619. The van der Waals surface area contributed by atoms with Gasteiger partial charge in [0.2, 0.25) is 0 Å². The van der Waals surface area contributed by atoms with Gasteiger partial charge in [-0.25, -0.2) is 9.78 Å². The number of hydrogen-bond donors (Lipinski definition) is 0. The Kier molecular flexibility index (Phi) is 5.45. The zero-order chi connectivity index (χ0) is 22.2. The van der Waals surface area contributed by atoms with Crippen molar-refractivity contribution in [2.75, 3.05) is 6.61 Å². The lowest BCUT2D eigenvalue weighted by Gasteiger charge is -2.14. The van der Waals surface area contributed by atoms with Gasteiger partial charge in [0, 0.05) is 17.1 Å². The van der Waals surface area contributed by atoms with Crippen molar-refractivity contribution in [2.24, 2.45) is 0 Å². The highest BCUT2D eigenvalue weighted by Gasteiger charge is 2.33. The Morgan fingerprint density at radius 3 is 2.42 bits per heavy atom. The molecule has 0 radical (unpaired) electrons. The monoisotopic (exact) mass is 444 g/mol. The van der Waals surface area contributed by atoms with Crippen LogP contribution >= 0.6 is 11.6 Å². The van der Waals surface area contributed by atoms with Gasteiger partial charge in [-0.15, -0.1) is 0 Å². The van der Waals surface area contributed by atoms with Crippen LogP contribution in [0.5, 0.6) is 0 Å². The van der Waals surface area contributed by atoms with E-state index in [-0.39, 0.29) is 23.1 Å². The normalized spacial score (nSPS) is 11.6. The van der Waals surface area contributed by atoms with Gasteiger partial charge >= 0.3 is 12.1 Å². The van der Waals surface area contributed by atoms with Gasteiger partial charge in [0.05, 0.1) is 22.7 Å². The molecule has 2 aromatic carbocycles. The van der Waals surface area contributed by atoms with Crippen molar-refractivity contribution in [2.45, 2.75) is 13.1 Å². The van der Waals surface area contributed by atoms with E-state index in [1.54, 1.807) is 19.1 Å².